The van der Waals surface area contributed by atoms with Crippen LogP contribution >= 0.6 is 0 Å². The third kappa shape index (κ3) is 6.25. The number of carbonyl (C=O) groups is 2. The van der Waals surface area contributed by atoms with Gasteiger partial charge in [0.05, 0.1) is 6.61 Å². The maximum absolute atomic E-state index is 11.8. The Balaban J connectivity index is 2.48. The molecule has 6 heteroatoms. The van der Waals surface area contributed by atoms with Crippen LogP contribution in [0.1, 0.15) is 37.6 Å². The molecule has 0 spiro atoms. The summed E-state index contributed by atoms with van der Waals surface area (Å²) in [5.41, 5.74) is 0.377. The van der Waals surface area contributed by atoms with Gasteiger partial charge in [0.1, 0.15) is 11.4 Å². The molecule has 1 amide bonds. The number of pyridine rings is 1. The minimum absolute atomic E-state index is 0.0233. The Morgan fingerprint density at radius 1 is 1.38 bits per heavy atom. The molecule has 0 bridgehead atoms. The first-order valence-electron chi connectivity index (χ1n) is 7.17. The Morgan fingerprint density at radius 2 is 2.14 bits per heavy atom. The number of rotatable bonds is 8. The molecular formula is C15H23N3O3. The van der Waals surface area contributed by atoms with E-state index in [1.165, 1.54) is 0 Å². The Labute approximate surface area is 125 Å². The van der Waals surface area contributed by atoms with Gasteiger partial charge in [-0.3, -0.25) is 4.79 Å². The zero-order valence-electron chi connectivity index (χ0n) is 12.8. The number of nitrogens with one attached hydrogen (secondary N) is 2. The summed E-state index contributed by atoms with van der Waals surface area (Å²) in [6.07, 6.45) is 1.91. The molecule has 0 aliphatic carbocycles. The van der Waals surface area contributed by atoms with Crippen LogP contribution in [0, 0.1) is 5.92 Å². The molecule has 0 unspecified atom stereocenters. The number of anilines is 1. The number of hydrogen-bond donors (Lipinski definition) is 2. The van der Waals surface area contributed by atoms with Crippen molar-refractivity contribution in [1.29, 1.82) is 0 Å². The minimum Gasteiger partial charge on any atom is -0.462 e. The molecule has 0 fully saturated rings. The van der Waals surface area contributed by atoms with Crippen molar-refractivity contribution in [2.24, 2.45) is 5.92 Å². The first kappa shape index (κ1) is 16.9. The van der Waals surface area contributed by atoms with Crippen LogP contribution in [0.3, 0.4) is 0 Å². The summed E-state index contributed by atoms with van der Waals surface area (Å²) in [5.74, 6) is 0.419. The van der Waals surface area contributed by atoms with Crippen LogP contribution in [0.2, 0.25) is 0 Å². The van der Waals surface area contributed by atoms with Crippen LogP contribution in [0.5, 0.6) is 0 Å². The van der Waals surface area contributed by atoms with Gasteiger partial charge in [0, 0.05) is 25.7 Å². The molecule has 0 aliphatic rings. The summed E-state index contributed by atoms with van der Waals surface area (Å²) >= 11 is 0. The highest BCUT2D eigenvalue weighted by Gasteiger charge is 2.13. The number of nitrogens with zero attached hydrogens (tertiary/aromatic N) is 1. The van der Waals surface area contributed by atoms with Crippen molar-refractivity contribution in [2.45, 2.75) is 27.2 Å². The number of amides is 1. The van der Waals surface area contributed by atoms with Gasteiger partial charge in [0.2, 0.25) is 5.91 Å². The van der Waals surface area contributed by atoms with Crippen LogP contribution in [-0.4, -0.2) is 36.6 Å². The molecule has 1 aromatic rings. The lowest BCUT2D eigenvalue weighted by molar-refractivity contribution is -0.120. The molecule has 2 N–H and O–H groups in total. The fraction of sp³-hybridized carbons (Fsp3) is 0.533. The van der Waals surface area contributed by atoms with Gasteiger partial charge in [-0.25, -0.2) is 9.78 Å². The summed E-state index contributed by atoms with van der Waals surface area (Å²) in [6, 6.07) is 3.32. The quantitative estimate of drug-likeness (QED) is 0.715. The number of esters is 1. The van der Waals surface area contributed by atoms with Gasteiger partial charge in [0.25, 0.3) is 0 Å². The Hall–Kier alpha value is -2.11. The van der Waals surface area contributed by atoms with Crippen molar-refractivity contribution in [2.75, 3.05) is 25.0 Å². The lowest BCUT2D eigenvalue weighted by Crippen LogP contribution is -2.28. The topological polar surface area (TPSA) is 80.3 Å². The molecule has 0 aliphatic heterocycles. The average Bonchev–Trinajstić information content (AvgIpc) is 2.46. The van der Waals surface area contributed by atoms with E-state index in [0.717, 1.165) is 0 Å². The Bertz CT molecular complexity index is 475. The second kappa shape index (κ2) is 8.94. The molecule has 0 saturated heterocycles. The van der Waals surface area contributed by atoms with Gasteiger partial charge >= 0.3 is 5.97 Å². The Morgan fingerprint density at radius 3 is 2.81 bits per heavy atom. The average molecular weight is 293 g/mol. The number of ether oxygens (including phenoxy) is 1. The molecule has 0 atom stereocenters. The molecule has 1 rings (SSSR count). The third-order valence-corrected chi connectivity index (χ3v) is 2.66. The molecule has 1 aromatic heterocycles. The van der Waals surface area contributed by atoms with Crippen LogP contribution in [0.25, 0.3) is 0 Å². The van der Waals surface area contributed by atoms with Gasteiger partial charge in [-0.15, -0.1) is 0 Å². The van der Waals surface area contributed by atoms with E-state index < -0.39 is 5.97 Å². The standard InChI is InChI=1S/C15H23N3O3/c1-4-21-15(20)12-6-5-8-16-14(12)17-9-7-13(19)18-10-11(2)3/h5-6,8,11H,4,7,9-10H2,1-3H3,(H,16,17)(H,18,19). The van der Waals surface area contributed by atoms with Gasteiger partial charge in [0.15, 0.2) is 0 Å². The third-order valence-electron chi connectivity index (χ3n) is 2.66. The smallest absolute Gasteiger partial charge is 0.341 e. The molecular weight excluding hydrogens is 270 g/mol. The van der Waals surface area contributed by atoms with Crippen LogP contribution < -0.4 is 10.6 Å². The molecule has 116 valence electrons. The van der Waals surface area contributed by atoms with E-state index in [-0.39, 0.29) is 5.91 Å². The highest BCUT2D eigenvalue weighted by atomic mass is 16.5. The number of carbonyl (C=O) groups excluding carboxylic acids is 2. The van der Waals surface area contributed by atoms with E-state index in [9.17, 15) is 9.59 Å². The monoisotopic (exact) mass is 293 g/mol. The highest BCUT2D eigenvalue weighted by molar-refractivity contribution is 5.94. The maximum atomic E-state index is 11.8. The maximum Gasteiger partial charge on any atom is 0.341 e. The summed E-state index contributed by atoms with van der Waals surface area (Å²) in [4.78, 5) is 27.5. The summed E-state index contributed by atoms with van der Waals surface area (Å²) in [5, 5.41) is 5.83. The fourth-order valence-electron chi connectivity index (χ4n) is 1.62. The van der Waals surface area contributed by atoms with Crippen LogP contribution in [0.4, 0.5) is 5.82 Å². The largest absolute Gasteiger partial charge is 0.462 e. The van der Waals surface area contributed by atoms with Crippen molar-refractivity contribution in [3.05, 3.63) is 23.9 Å². The molecule has 0 radical (unpaired) electrons. The Kier molecular flexibility index (Phi) is 7.21. The van der Waals surface area contributed by atoms with E-state index in [1.807, 2.05) is 13.8 Å². The van der Waals surface area contributed by atoms with E-state index >= 15 is 0 Å². The highest BCUT2D eigenvalue weighted by Crippen LogP contribution is 2.12. The van der Waals surface area contributed by atoms with E-state index in [2.05, 4.69) is 15.6 Å². The molecule has 0 aromatic carbocycles. The number of aromatic nitrogens is 1. The van der Waals surface area contributed by atoms with Crippen molar-refractivity contribution < 1.29 is 14.3 Å². The minimum atomic E-state index is -0.419. The predicted octanol–water partition coefficient (Wildman–Crippen LogP) is 1.83. The van der Waals surface area contributed by atoms with E-state index in [0.29, 0.717) is 43.4 Å². The molecule has 6 nitrogen and oxygen atoms in total. The zero-order chi connectivity index (χ0) is 15.7. The summed E-state index contributed by atoms with van der Waals surface area (Å²) < 4.78 is 4.96. The van der Waals surface area contributed by atoms with Gasteiger partial charge in [-0.2, -0.15) is 0 Å². The summed E-state index contributed by atoms with van der Waals surface area (Å²) in [6.45, 7) is 7.21. The number of hydrogen-bond acceptors (Lipinski definition) is 5. The van der Waals surface area contributed by atoms with Crippen LogP contribution in [-0.2, 0) is 9.53 Å². The lowest BCUT2D eigenvalue weighted by atomic mass is 10.2. The van der Waals surface area contributed by atoms with Gasteiger partial charge in [-0.05, 0) is 25.0 Å². The van der Waals surface area contributed by atoms with E-state index in [1.54, 1.807) is 25.3 Å². The molecule has 1 heterocycles. The molecule has 0 saturated carbocycles. The first-order valence-corrected chi connectivity index (χ1v) is 7.17. The van der Waals surface area contributed by atoms with Crippen molar-refractivity contribution in [1.82, 2.24) is 10.3 Å². The van der Waals surface area contributed by atoms with Crippen molar-refractivity contribution >= 4 is 17.7 Å². The zero-order valence-corrected chi connectivity index (χ0v) is 12.8. The van der Waals surface area contributed by atoms with E-state index in [4.69, 9.17) is 4.74 Å². The molecule has 21 heavy (non-hydrogen) atoms. The van der Waals surface area contributed by atoms with Gasteiger partial charge in [-0.1, -0.05) is 13.8 Å². The second-order valence-electron chi connectivity index (χ2n) is 4.99. The SMILES string of the molecule is CCOC(=O)c1cccnc1NCCC(=O)NCC(C)C. The van der Waals surface area contributed by atoms with Crippen molar-refractivity contribution in [3.63, 3.8) is 0 Å². The predicted molar refractivity (Wildman–Crippen MR) is 81.1 cm³/mol. The van der Waals surface area contributed by atoms with Crippen LogP contribution in [0.15, 0.2) is 18.3 Å². The normalized spacial score (nSPS) is 10.3. The first-order chi connectivity index (χ1) is 10.0. The van der Waals surface area contributed by atoms with Crippen molar-refractivity contribution in [3.8, 4) is 0 Å². The summed E-state index contributed by atoms with van der Waals surface area (Å²) in [7, 11) is 0. The van der Waals surface area contributed by atoms with Gasteiger partial charge < -0.3 is 15.4 Å². The second-order valence-corrected chi connectivity index (χ2v) is 4.99. The fourth-order valence-corrected chi connectivity index (χ4v) is 1.62. The lowest BCUT2D eigenvalue weighted by Gasteiger charge is -2.11.